The summed E-state index contributed by atoms with van der Waals surface area (Å²) in [7, 11) is 0. The van der Waals surface area contributed by atoms with Crippen molar-refractivity contribution in [1.29, 1.82) is 0 Å². The third kappa shape index (κ3) is 2.05. The lowest BCUT2D eigenvalue weighted by molar-refractivity contribution is -0.149. The summed E-state index contributed by atoms with van der Waals surface area (Å²) in [4.78, 5) is 16.7. The molecule has 2 aliphatic rings. The molecule has 0 saturated carbocycles. The molecule has 0 aromatic heterocycles. The number of rotatable bonds is 3. The van der Waals surface area contributed by atoms with Crippen LogP contribution in [0.1, 0.15) is 5.56 Å². The van der Waals surface area contributed by atoms with E-state index in [1.165, 1.54) is 5.56 Å². The number of hydrogen-bond donors (Lipinski definition) is 0. The molecule has 21 heavy (non-hydrogen) atoms. The van der Waals surface area contributed by atoms with Crippen molar-refractivity contribution >= 4 is 11.6 Å². The van der Waals surface area contributed by atoms with Crippen LogP contribution in [0, 0.1) is 5.41 Å². The molecule has 2 aliphatic heterocycles. The van der Waals surface area contributed by atoms with Crippen LogP contribution in [0.3, 0.4) is 0 Å². The molecule has 4 rings (SSSR count). The lowest BCUT2D eigenvalue weighted by Gasteiger charge is -2.58. The summed E-state index contributed by atoms with van der Waals surface area (Å²) in [6.45, 7) is 3.59. The molecule has 2 heterocycles. The zero-order chi connectivity index (χ0) is 14.3. The van der Waals surface area contributed by atoms with Gasteiger partial charge in [-0.1, -0.05) is 48.5 Å². The summed E-state index contributed by atoms with van der Waals surface area (Å²) in [6.07, 6.45) is 0. The van der Waals surface area contributed by atoms with Crippen LogP contribution >= 0.6 is 0 Å². The average Bonchev–Trinajstić information content (AvgIpc) is 2.50. The van der Waals surface area contributed by atoms with E-state index in [4.69, 9.17) is 0 Å². The lowest BCUT2D eigenvalue weighted by atomic mass is 9.71. The van der Waals surface area contributed by atoms with Crippen molar-refractivity contribution < 1.29 is 4.79 Å². The fourth-order valence-corrected chi connectivity index (χ4v) is 3.45. The van der Waals surface area contributed by atoms with E-state index in [1.807, 2.05) is 41.3 Å². The van der Waals surface area contributed by atoms with Crippen molar-refractivity contribution in [3.63, 3.8) is 0 Å². The third-order valence-electron chi connectivity index (χ3n) is 4.53. The lowest BCUT2D eigenvalue weighted by Crippen LogP contribution is -2.75. The molecule has 2 fully saturated rings. The standard InChI is InChI=1S/C18H18N2O/c21-17-18(14-20(17)16-9-5-2-6-10-16)12-19(13-18)11-15-7-3-1-4-8-15/h1-10H,11-14H2. The summed E-state index contributed by atoms with van der Waals surface area (Å²) >= 11 is 0. The van der Waals surface area contributed by atoms with Crippen molar-refractivity contribution in [2.75, 3.05) is 24.5 Å². The van der Waals surface area contributed by atoms with Crippen LogP contribution in [-0.4, -0.2) is 30.4 Å². The topological polar surface area (TPSA) is 23.6 Å². The van der Waals surface area contributed by atoms with Crippen molar-refractivity contribution in [2.24, 2.45) is 5.41 Å². The molecular formula is C18H18N2O. The first kappa shape index (κ1) is 12.6. The van der Waals surface area contributed by atoms with Crippen molar-refractivity contribution in [3.8, 4) is 0 Å². The van der Waals surface area contributed by atoms with Gasteiger partial charge in [0, 0.05) is 31.9 Å². The first-order valence-corrected chi connectivity index (χ1v) is 7.40. The van der Waals surface area contributed by atoms with Crippen molar-refractivity contribution in [2.45, 2.75) is 6.54 Å². The minimum atomic E-state index is -0.107. The summed E-state index contributed by atoms with van der Waals surface area (Å²) < 4.78 is 0. The number of hydrogen-bond acceptors (Lipinski definition) is 2. The zero-order valence-electron chi connectivity index (χ0n) is 11.9. The molecule has 0 atom stereocenters. The van der Waals surface area contributed by atoms with E-state index in [0.29, 0.717) is 0 Å². The number of anilines is 1. The van der Waals surface area contributed by atoms with Crippen LogP contribution in [-0.2, 0) is 11.3 Å². The molecule has 3 heteroatoms. The summed E-state index contributed by atoms with van der Waals surface area (Å²) in [5.41, 5.74) is 2.23. The van der Waals surface area contributed by atoms with Crippen LogP contribution in [0.2, 0.25) is 0 Å². The van der Waals surface area contributed by atoms with Crippen LogP contribution < -0.4 is 4.90 Å². The summed E-state index contributed by atoms with van der Waals surface area (Å²) in [5.74, 6) is 0.290. The van der Waals surface area contributed by atoms with E-state index in [-0.39, 0.29) is 11.3 Å². The van der Waals surface area contributed by atoms with Crippen LogP contribution in [0.15, 0.2) is 60.7 Å². The maximum absolute atomic E-state index is 12.5. The number of likely N-dealkylation sites (tertiary alicyclic amines) is 1. The van der Waals surface area contributed by atoms with Gasteiger partial charge in [0.1, 0.15) is 0 Å². The van der Waals surface area contributed by atoms with Gasteiger partial charge in [0.25, 0.3) is 0 Å². The molecular weight excluding hydrogens is 260 g/mol. The SMILES string of the molecule is O=C1N(c2ccccc2)CC12CN(Cc1ccccc1)C2. The molecule has 0 unspecified atom stereocenters. The first-order chi connectivity index (χ1) is 10.3. The fraction of sp³-hybridized carbons (Fsp3) is 0.278. The summed E-state index contributed by atoms with van der Waals surface area (Å²) in [5, 5.41) is 0. The highest BCUT2D eigenvalue weighted by Crippen LogP contribution is 2.43. The second-order valence-corrected chi connectivity index (χ2v) is 6.14. The Morgan fingerprint density at radius 2 is 1.48 bits per heavy atom. The first-order valence-electron chi connectivity index (χ1n) is 7.40. The van der Waals surface area contributed by atoms with E-state index >= 15 is 0 Å². The Morgan fingerprint density at radius 3 is 2.10 bits per heavy atom. The van der Waals surface area contributed by atoms with Gasteiger partial charge in [0.2, 0.25) is 5.91 Å². The molecule has 2 aromatic rings. The van der Waals surface area contributed by atoms with E-state index < -0.39 is 0 Å². The monoisotopic (exact) mass is 278 g/mol. The number of carbonyl (C=O) groups excluding carboxylic acids is 1. The van der Waals surface area contributed by atoms with E-state index in [1.54, 1.807) is 0 Å². The largest absolute Gasteiger partial charge is 0.311 e. The molecule has 0 aliphatic carbocycles. The fourth-order valence-electron chi connectivity index (χ4n) is 3.45. The maximum atomic E-state index is 12.5. The maximum Gasteiger partial charge on any atom is 0.237 e. The van der Waals surface area contributed by atoms with E-state index in [9.17, 15) is 4.79 Å². The van der Waals surface area contributed by atoms with Gasteiger partial charge in [-0.25, -0.2) is 0 Å². The Balaban J connectivity index is 1.37. The van der Waals surface area contributed by atoms with Crippen molar-refractivity contribution in [3.05, 3.63) is 66.2 Å². The number of benzene rings is 2. The smallest absolute Gasteiger partial charge is 0.237 e. The van der Waals surface area contributed by atoms with Gasteiger partial charge in [-0.3, -0.25) is 9.69 Å². The number of carbonyl (C=O) groups is 1. The van der Waals surface area contributed by atoms with Crippen LogP contribution in [0.5, 0.6) is 0 Å². The van der Waals surface area contributed by atoms with Gasteiger partial charge < -0.3 is 4.90 Å². The van der Waals surface area contributed by atoms with E-state index in [0.717, 1.165) is 31.9 Å². The molecule has 1 amide bonds. The quantitative estimate of drug-likeness (QED) is 0.806. The highest BCUT2D eigenvalue weighted by atomic mass is 16.2. The van der Waals surface area contributed by atoms with Gasteiger partial charge in [0.05, 0.1) is 5.41 Å². The predicted molar refractivity (Wildman–Crippen MR) is 82.9 cm³/mol. The molecule has 0 radical (unpaired) electrons. The summed E-state index contributed by atoms with van der Waals surface area (Å²) in [6, 6.07) is 20.4. The third-order valence-corrected chi connectivity index (χ3v) is 4.53. The molecule has 1 spiro atoms. The number of β-lactam (4-membered cyclic amide) rings is 1. The molecule has 2 saturated heterocycles. The molecule has 0 bridgehead atoms. The predicted octanol–water partition coefficient (Wildman–Crippen LogP) is 2.54. The highest BCUT2D eigenvalue weighted by molar-refractivity contribution is 6.05. The Labute approximate surface area is 124 Å². The van der Waals surface area contributed by atoms with Gasteiger partial charge >= 0.3 is 0 Å². The zero-order valence-corrected chi connectivity index (χ0v) is 11.9. The van der Waals surface area contributed by atoms with Crippen molar-refractivity contribution in [1.82, 2.24) is 4.90 Å². The second kappa shape index (κ2) is 4.71. The van der Waals surface area contributed by atoms with Gasteiger partial charge in [-0.15, -0.1) is 0 Å². The molecule has 106 valence electrons. The van der Waals surface area contributed by atoms with Gasteiger partial charge in [-0.2, -0.15) is 0 Å². The molecule has 3 nitrogen and oxygen atoms in total. The van der Waals surface area contributed by atoms with Gasteiger partial charge in [-0.05, 0) is 17.7 Å². The second-order valence-electron chi connectivity index (χ2n) is 6.14. The Kier molecular flexibility index (Phi) is 2.82. The Hall–Kier alpha value is -2.13. The molecule has 0 N–H and O–H groups in total. The number of amides is 1. The normalized spacial score (nSPS) is 20.2. The Bertz CT molecular complexity index is 647. The van der Waals surface area contributed by atoms with Crippen LogP contribution in [0.25, 0.3) is 0 Å². The highest BCUT2D eigenvalue weighted by Gasteiger charge is 2.59. The Morgan fingerprint density at radius 1 is 0.857 bits per heavy atom. The minimum absolute atomic E-state index is 0.107. The van der Waals surface area contributed by atoms with E-state index in [2.05, 4.69) is 29.2 Å². The van der Waals surface area contributed by atoms with Gasteiger partial charge in [0.15, 0.2) is 0 Å². The average molecular weight is 278 g/mol. The molecule has 2 aromatic carbocycles. The number of para-hydroxylation sites is 1. The van der Waals surface area contributed by atoms with Crippen LogP contribution in [0.4, 0.5) is 5.69 Å². The minimum Gasteiger partial charge on any atom is -0.311 e. The number of nitrogens with zero attached hydrogens (tertiary/aromatic N) is 2.